The number of nitrogens with two attached hydrogens (primary N) is 1. The van der Waals surface area contributed by atoms with E-state index in [1.54, 1.807) is 0 Å². The Bertz CT molecular complexity index is 248. The Balaban J connectivity index is 2.32. The summed E-state index contributed by atoms with van der Waals surface area (Å²) in [4.78, 5) is 0. The van der Waals surface area contributed by atoms with Gasteiger partial charge in [-0.1, -0.05) is 24.3 Å². The molecule has 0 unspecified atom stereocenters. The van der Waals surface area contributed by atoms with Crippen LogP contribution >= 0.6 is 0 Å². The van der Waals surface area contributed by atoms with Gasteiger partial charge in [-0.3, -0.25) is 5.84 Å². The highest BCUT2D eigenvalue weighted by Gasteiger charge is 1.95. The Kier molecular flexibility index (Phi) is 4.46. The van der Waals surface area contributed by atoms with Crippen molar-refractivity contribution in [2.24, 2.45) is 5.84 Å². The van der Waals surface area contributed by atoms with Gasteiger partial charge in [-0.05, 0) is 24.5 Å². The van der Waals surface area contributed by atoms with Gasteiger partial charge in [0.25, 0.3) is 0 Å². The molecule has 0 aromatic heterocycles. The molecule has 0 fully saturated rings. The maximum Gasteiger partial charge on any atom is 0.0587 e. The van der Waals surface area contributed by atoms with Crippen LogP contribution in [-0.4, -0.2) is 13.2 Å². The summed E-state index contributed by atoms with van der Waals surface area (Å²) in [6.45, 7) is 3.75. The molecule has 0 radical (unpaired) electrons. The Morgan fingerprint density at radius 2 is 2.08 bits per heavy atom. The third kappa shape index (κ3) is 3.55. The fraction of sp³-hybridized carbons (Fsp3) is 0.400. The Morgan fingerprint density at radius 3 is 2.77 bits per heavy atom. The van der Waals surface area contributed by atoms with Gasteiger partial charge < -0.3 is 5.32 Å². The van der Waals surface area contributed by atoms with Crippen molar-refractivity contribution in [2.45, 2.75) is 13.3 Å². The van der Waals surface area contributed by atoms with Crippen molar-refractivity contribution in [1.29, 1.82) is 0 Å². The Hall–Kier alpha value is -0.900. The van der Waals surface area contributed by atoms with Crippen molar-refractivity contribution in [3.8, 4) is 0 Å². The van der Waals surface area contributed by atoms with Crippen molar-refractivity contribution in [1.82, 2.24) is 10.7 Å². The minimum atomic E-state index is 0.659. The Labute approximate surface area is 79.3 Å². The topological polar surface area (TPSA) is 50.1 Å². The zero-order valence-corrected chi connectivity index (χ0v) is 8.01. The van der Waals surface area contributed by atoms with Gasteiger partial charge in [-0.15, -0.1) is 0 Å². The maximum absolute atomic E-state index is 5.13. The number of aryl methyl sites for hydroxylation is 1. The lowest BCUT2D eigenvalue weighted by Crippen LogP contribution is -2.34. The van der Waals surface area contributed by atoms with E-state index in [9.17, 15) is 0 Å². The van der Waals surface area contributed by atoms with E-state index in [-0.39, 0.29) is 0 Å². The molecule has 0 saturated carbocycles. The zero-order chi connectivity index (χ0) is 9.52. The predicted octanol–water partition coefficient (Wildman–Crippen LogP) is 0.548. The van der Waals surface area contributed by atoms with Gasteiger partial charge in [0.15, 0.2) is 0 Å². The molecule has 0 saturated heterocycles. The summed E-state index contributed by atoms with van der Waals surface area (Å²) in [5, 5.41) is 3.17. The highest BCUT2D eigenvalue weighted by Crippen LogP contribution is 2.06. The molecule has 0 amide bonds. The fourth-order valence-corrected chi connectivity index (χ4v) is 1.27. The van der Waals surface area contributed by atoms with Gasteiger partial charge in [-0.25, -0.2) is 5.43 Å². The van der Waals surface area contributed by atoms with Crippen LogP contribution in [0, 0.1) is 6.92 Å². The minimum Gasteiger partial charge on any atom is -0.303 e. The largest absolute Gasteiger partial charge is 0.303 e. The lowest BCUT2D eigenvalue weighted by Gasteiger charge is -2.06. The first-order chi connectivity index (χ1) is 6.34. The fourth-order valence-electron chi connectivity index (χ4n) is 1.27. The number of rotatable bonds is 5. The summed E-state index contributed by atoms with van der Waals surface area (Å²) in [5.74, 6) is 5.13. The molecule has 0 aliphatic rings. The standard InChI is InChI=1S/C10H17N3/c1-9-4-2-3-5-10(9)6-7-12-8-13-11/h2-5,12-13H,6-8,11H2,1H3. The Morgan fingerprint density at radius 1 is 1.31 bits per heavy atom. The van der Waals surface area contributed by atoms with E-state index in [0.717, 1.165) is 13.0 Å². The van der Waals surface area contributed by atoms with E-state index in [2.05, 4.69) is 41.9 Å². The highest BCUT2D eigenvalue weighted by molar-refractivity contribution is 5.25. The summed E-state index contributed by atoms with van der Waals surface area (Å²) in [6, 6.07) is 8.43. The number of benzene rings is 1. The molecule has 1 aromatic carbocycles. The lowest BCUT2D eigenvalue weighted by atomic mass is 10.1. The second-order valence-corrected chi connectivity index (χ2v) is 3.06. The number of nitrogens with one attached hydrogen (secondary N) is 2. The molecule has 0 bridgehead atoms. The monoisotopic (exact) mass is 179 g/mol. The normalized spacial score (nSPS) is 10.3. The summed E-state index contributed by atoms with van der Waals surface area (Å²) in [5.41, 5.74) is 5.30. The van der Waals surface area contributed by atoms with E-state index >= 15 is 0 Å². The summed E-state index contributed by atoms with van der Waals surface area (Å²) >= 11 is 0. The van der Waals surface area contributed by atoms with Gasteiger partial charge in [0.2, 0.25) is 0 Å². The van der Waals surface area contributed by atoms with E-state index in [1.165, 1.54) is 11.1 Å². The van der Waals surface area contributed by atoms with Gasteiger partial charge in [0.05, 0.1) is 6.67 Å². The van der Waals surface area contributed by atoms with E-state index in [0.29, 0.717) is 6.67 Å². The first kappa shape index (κ1) is 10.2. The average Bonchev–Trinajstić information content (AvgIpc) is 2.15. The quantitative estimate of drug-likeness (QED) is 0.268. The van der Waals surface area contributed by atoms with Crippen molar-refractivity contribution in [3.05, 3.63) is 35.4 Å². The molecule has 0 heterocycles. The van der Waals surface area contributed by atoms with Crippen LogP contribution in [0.2, 0.25) is 0 Å². The zero-order valence-electron chi connectivity index (χ0n) is 8.01. The molecule has 0 spiro atoms. The summed E-state index contributed by atoms with van der Waals surface area (Å²) in [6.07, 6.45) is 1.05. The molecule has 3 nitrogen and oxygen atoms in total. The SMILES string of the molecule is Cc1ccccc1CCNCNN. The van der Waals surface area contributed by atoms with Crippen LogP contribution in [0.25, 0.3) is 0 Å². The molecular weight excluding hydrogens is 162 g/mol. The first-order valence-electron chi connectivity index (χ1n) is 4.53. The van der Waals surface area contributed by atoms with Gasteiger partial charge in [0.1, 0.15) is 0 Å². The van der Waals surface area contributed by atoms with Crippen molar-refractivity contribution in [2.75, 3.05) is 13.2 Å². The van der Waals surface area contributed by atoms with Crippen LogP contribution in [0.1, 0.15) is 11.1 Å². The number of hydrogen-bond donors (Lipinski definition) is 3. The van der Waals surface area contributed by atoms with Crippen molar-refractivity contribution >= 4 is 0 Å². The van der Waals surface area contributed by atoms with Crippen LogP contribution in [-0.2, 0) is 6.42 Å². The molecule has 0 atom stereocenters. The molecule has 13 heavy (non-hydrogen) atoms. The van der Waals surface area contributed by atoms with Crippen LogP contribution in [0.4, 0.5) is 0 Å². The molecule has 1 aromatic rings. The summed E-state index contributed by atoms with van der Waals surface area (Å²) < 4.78 is 0. The van der Waals surface area contributed by atoms with Crippen LogP contribution in [0.3, 0.4) is 0 Å². The molecule has 1 rings (SSSR count). The van der Waals surface area contributed by atoms with Gasteiger partial charge in [0, 0.05) is 6.54 Å². The number of hydrogen-bond acceptors (Lipinski definition) is 3. The predicted molar refractivity (Wildman–Crippen MR) is 55.1 cm³/mol. The van der Waals surface area contributed by atoms with Crippen LogP contribution in [0.5, 0.6) is 0 Å². The van der Waals surface area contributed by atoms with E-state index in [1.807, 2.05) is 0 Å². The molecule has 0 aliphatic heterocycles. The molecule has 72 valence electrons. The molecule has 3 heteroatoms. The van der Waals surface area contributed by atoms with Crippen LogP contribution in [0.15, 0.2) is 24.3 Å². The lowest BCUT2D eigenvalue weighted by molar-refractivity contribution is 0.601. The second-order valence-electron chi connectivity index (χ2n) is 3.06. The van der Waals surface area contributed by atoms with Gasteiger partial charge >= 0.3 is 0 Å². The first-order valence-corrected chi connectivity index (χ1v) is 4.53. The molecule has 0 aliphatic carbocycles. The van der Waals surface area contributed by atoms with E-state index < -0.39 is 0 Å². The van der Waals surface area contributed by atoms with Crippen molar-refractivity contribution < 1.29 is 0 Å². The third-order valence-electron chi connectivity index (χ3n) is 2.06. The average molecular weight is 179 g/mol. The van der Waals surface area contributed by atoms with Crippen LogP contribution < -0.4 is 16.6 Å². The second kappa shape index (κ2) is 5.70. The summed E-state index contributed by atoms with van der Waals surface area (Å²) in [7, 11) is 0. The van der Waals surface area contributed by atoms with Gasteiger partial charge in [-0.2, -0.15) is 0 Å². The molecular formula is C10H17N3. The van der Waals surface area contributed by atoms with Crippen molar-refractivity contribution in [3.63, 3.8) is 0 Å². The smallest absolute Gasteiger partial charge is 0.0587 e. The van der Waals surface area contributed by atoms with E-state index in [4.69, 9.17) is 5.84 Å². The highest BCUT2D eigenvalue weighted by atomic mass is 15.3. The molecule has 4 N–H and O–H groups in total. The third-order valence-corrected chi connectivity index (χ3v) is 2.06. The minimum absolute atomic E-state index is 0.659. The number of hydrazine groups is 1. The maximum atomic E-state index is 5.13.